The number of rotatable bonds is 7. The Hall–Kier alpha value is -3.68. The molecule has 0 aliphatic rings. The van der Waals surface area contributed by atoms with E-state index in [-0.39, 0.29) is 17.9 Å². The number of carbonyl (C=O) groups excluding carboxylic acids is 2. The second kappa shape index (κ2) is 9.69. The average molecular weight is 406 g/mol. The van der Waals surface area contributed by atoms with E-state index in [1.807, 2.05) is 63.2 Å². The molecule has 0 fully saturated rings. The highest BCUT2D eigenvalue weighted by atomic mass is 16.2. The van der Waals surface area contributed by atoms with Crippen molar-refractivity contribution in [1.29, 1.82) is 0 Å². The fraction of sp³-hybridized carbons (Fsp3) is 0.273. The summed E-state index contributed by atoms with van der Waals surface area (Å²) in [7, 11) is 0. The number of para-hydroxylation sites is 1. The van der Waals surface area contributed by atoms with Crippen LogP contribution in [0.3, 0.4) is 0 Å². The number of hydrogen-bond acceptors (Lipinski definition) is 4. The molecule has 30 heavy (non-hydrogen) atoms. The first-order valence-electron chi connectivity index (χ1n) is 9.82. The van der Waals surface area contributed by atoms with Gasteiger partial charge in [-0.25, -0.2) is 14.5 Å². The van der Waals surface area contributed by atoms with Gasteiger partial charge in [-0.3, -0.25) is 4.79 Å². The average Bonchev–Trinajstić information content (AvgIpc) is 3.27. The number of aromatic nitrogens is 3. The van der Waals surface area contributed by atoms with Crippen LogP contribution in [0.4, 0.5) is 10.5 Å². The monoisotopic (exact) mass is 406 g/mol. The van der Waals surface area contributed by atoms with Gasteiger partial charge in [0.15, 0.2) is 0 Å². The van der Waals surface area contributed by atoms with Gasteiger partial charge in [-0.05, 0) is 42.7 Å². The molecule has 156 valence electrons. The Bertz CT molecular complexity index is 955. The normalized spacial score (nSPS) is 12.8. The van der Waals surface area contributed by atoms with Crippen LogP contribution >= 0.6 is 0 Å². The zero-order chi connectivity index (χ0) is 21.5. The van der Waals surface area contributed by atoms with Crippen molar-refractivity contribution in [3.8, 4) is 5.69 Å². The van der Waals surface area contributed by atoms with Gasteiger partial charge in [0.2, 0.25) is 5.91 Å². The minimum Gasteiger partial charge on any atom is -0.348 e. The van der Waals surface area contributed by atoms with E-state index >= 15 is 0 Å². The smallest absolute Gasteiger partial charge is 0.319 e. The number of urea groups is 1. The highest BCUT2D eigenvalue weighted by molar-refractivity contribution is 5.93. The second-order valence-electron chi connectivity index (χ2n) is 7.35. The van der Waals surface area contributed by atoms with E-state index in [0.29, 0.717) is 5.69 Å². The summed E-state index contributed by atoms with van der Waals surface area (Å²) in [5.74, 6) is -0.311. The van der Waals surface area contributed by atoms with Crippen LogP contribution in [0.2, 0.25) is 0 Å². The molecule has 3 rings (SSSR count). The van der Waals surface area contributed by atoms with Crippen LogP contribution in [0.25, 0.3) is 5.69 Å². The summed E-state index contributed by atoms with van der Waals surface area (Å²) in [6.07, 6.45) is 3.10. The molecule has 0 aliphatic carbocycles. The first-order valence-corrected chi connectivity index (χ1v) is 9.82. The number of nitrogens with one attached hydrogen (secondary N) is 3. The van der Waals surface area contributed by atoms with Gasteiger partial charge < -0.3 is 16.0 Å². The summed E-state index contributed by atoms with van der Waals surface area (Å²) < 4.78 is 1.66. The summed E-state index contributed by atoms with van der Waals surface area (Å²) in [5.41, 5.74) is 2.50. The lowest BCUT2D eigenvalue weighted by Crippen LogP contribution is -2.51. The number of benzene rings is 2. The number of amides is 3. The maximum Gasteiger partial charge on any atom is 0.319 e. The van der Waals surface area contributed by atoms with E-state index in [9.17, 15) is 9.59 Å². The van der Waals surface area contributed by atoms with Crippen LogP contribution in [0, 0.1) is 5.92 Å². The molecule has 8 heteroatoms. The van der Waals surface area contributed by atoms with E-state index in [1.54, 1.807) is 23.1 Å². The largest absolute Gasteiger partial charge is 0.348 e. The van der Waals surface area contributed by atoms with Crippen LogP contribution in [-0.4, -0.2) is 32.7 Å². The van der Waals surface area contributed by atoms with E-state index < -0.39 is 12.1 Å². The van der Waals surface area contributed by atoms with Crippen molar-refractivity contribution in [2.24, 2.45) is 5.92 Å². The van der Waals surface area contributed by atoms with Crippen molar-refractivity contribution in [2.45, 2.75) is 32.9 Å². The van der Waals surface area contributed by atoms with Crippen molar-refractivity contribution >= 4 is 17.6 Å². The number of carbonyl (C=O) groups is 2. The molecular formula is C22H26N6O2. The lowest BCUT2D eigenvalue weighted by molar-refractivity contribution is -0.124. The Kier molecular flexibility index (Phi) is 6.79. The van der Waals surface area contributed by atoms with Gasteiger partial charge in [0.25, 0.3) is 0 Å². The Morgan fingerprint density at radius 3 is 2.23 bits per heavy atom. The van der Waals surface area contributed by atoms with Crippen LogP contribution in [-0.2, 0) is 4.79 Å². The van der Waals surface area contributed by atoms with E-state index in [0.717, 1.165) is 11.3 Å². The maximum absolute atomic E-state index is 12.8. The minimum absolute atomic E-state index is 0.0755. The molecule has 1 aromatic heterocycles. The summed E-state index contributed by atoms with van der Waals surface area (Å²) >= 11 is 0. The van der Waals surface area contributed by atoms with Gasteiger partial charge in [-0.15, -0.1) is 0 Å². The lowest BCUT2D eigenvalue weighted by Gasteiger charge is -2.24. The van der Waals surface area contributed by atoms with Gasteiger partial charge in [0, 0.05) is 5.69 Å². The first kappa shape index (κ1) is 21.0. The maximum atomic E-state index is 12.8. The van der Waals surface area contributed by atoms with Gasteiger partial charge in [-0.2, -0.15) is 5.10 Å². The molecule has 0 saturated heterocycles. The molecule has 3 N–H and O–H groups in total. The molecule has 8 nitrogen and oxygen atoms in total. The van der Waals surface area contributed by atoms with Crippen LogP contribution in [0.15, 0.2) is 67.3 Å². The fourth-order valence-corrected chi connectivity index (χ4v) is 3.01. The molecule has 3 amide bonds. The van der Waals surface area contributed by atoms with Gasteiger partial charge >= 0.3 is 6.03 Å². The van der Waals surface area contributed by atoms with Crippen LogP contribution < -0.4 is 16.0 Å². The quantitative estimate of drug-likeness (QED) is 0.560. The molecule has 0 aliphatic heterocycles. The summed E-state index contributed by atoms with van der Waals surface area (Å²) in [5, 5.41) is 12.6. The SMILES string of the molecule is CC(C)[C@H](NC(=O)Nc1ccccc1)C(=O)N[C@H](C)c1ccc(-n2cncn2)cc1. The second-order valence-corrected chi connectivity index (χ2v) is 7.35. The van der Waals surface area contributed by atoms with Crippen molar-refractivity contribution in [3.63, 3.8) is 0 Å². The van der Waals surface area contributed by atoms with Gasteiger partial charge in [0.05, 0.1) is 11.7 Å². The van der Waals surface area contributed by atoms with Crippen molar-refractivity contribution in [2.75, 3.05) is 5.32 Å². The number of hydrogen-bond donors (Lipinski definition) is 3. The first-order chi connectivity index (χ1) is 14.4. The Morgan fingerprint density at radius 2 is 1.63 bits per heavy atom. The van der Waals surface area contributed by atoms with E-state index in [4.69, 9.17) is 0 Å². The van der Waals surface area contributed by atoms with Gasteiger partial charge in [-0.1, -0.05) is 44.2 Å². The fourth-order valence-electron chi connectivity index (χ4n) is 3.01. The van der Waals surface area contributed by atoms with Gasteiger partial charge in [0.1, 0.15) is 18.7 Å². The zero-order valence-electron chi connectivity index (χ0n) is 17.2. The minimum atomic E-state index is -0.661. The predicted octanol–water partition coefficient (Wildman–Crippen LogP) is 3.29. The zero-order valence-corrected chi connectivity index (χ0v) is 17.2. The highest BCUT2D eigenvalue weighted by Crippen LogP contribution is 2.16. The third-order valence-electron chi connectivity index (χ3n) is 4.70. The molecule has 2 atom stereocenters. The van der Waals surface area contributed by atoms with E-state index in [2.05, 4.69) is 26.0 Å². The molecule has 0 unspecified atom stereocenters. The molecule has 1 heterocycles. The standard InChI is InChI=1S/C22H26N6O2/c1-15(2)20(27-22(30)26-18-7-5-4-6-8-18)21(29)25-16(3)17-9-11-19(12-10-17)28-14-23-13-24-28/h4-16,20H,1-3H3,(H,25,29)(H2,26,27,30)/t16-,20+/m1/s1. The molecule has 0 radical (unpaired) electrons. The Labute approximate surface area is 175 Å². The highest BCUT2D eigenvalue weighted by Gasteiger charge is 2.25. The van der Waals surface area contributed by atoms with Crippen molar-refractivity contribution in [1.82, 2.24) is 25.4 Å². The molecule has 0 spiro atoms. The molecule has 2 aromatic carbocycles. The molecule has 0 bridgehead atoms. The van der Waals surface area contributed by atoms with E-state index in [1.165, 1.54) is 6.33 Å². The summed E-state index contributed by atoms with van der Waals surface area (Å²) in [6, 6.07) is 15.5. The van der Waals surface area contributed by atoms with Crippen LogP contribution in [0.5, 0.6) is 0 Å². The third-order valence-corrected chi connectivity index (χ3v) is 4.70. The molecule has 0 saturated carbocycles. The lowest BCUT2D eigenvalue weighted by atomic mass is 10.0. The topological polar surface area (TPSA) is 101 Å². The Balaban J connectivity index is 1.60. The van der Waals surface area contributed by atoms with Crippen molar-refractivity contribution < 1.29 is 9.59 Å². The third kappa shape index (κ3) is 5.44. The van der Waals surface area contributed by atoms with Crippen molar-refractivity contribution in [3.05, 3.63) is 72.8 Å². The number of anilines is 1. The molecular weight excluding hydrogens is 380 g/mol. The Morgan fingerprint density at radius 1 is 0.933 bits per heavy atom. The van der Waals surface area contributed by atoms with Crippen LogP contribution in [0.1, 0.15) is 32.4 Å². The summed E-state index contributed by atoms with van der Waals surface area (Å²) in [4.78, 5) is 29.1. The molecule has 3 aromatic rings. The number of nitrogens with zero attached hydrogens (tertiary/aromatic N) is 3. The summed E-state index contributed by atoms with van der Waals surface area (Å²) in [6.45, 7) is 5.69. The predicted molar refractivity (Wildman–Crippen MR) is 115 cm³/mol.